The number of carboxylic acids is 2. The van der Waals surface area contributed by atoms with E-state index in [9.17, 15) is 19.8 Å². The molecule has 2 aromatic rings. The van der Waals surface area contributed by atoms with Crippen LogP contribution in [0.5, 0.6) is 0 Å². The van der Waals surface area contributed by atoms with Gasteiger partial charge in [-0.2, -0.15) is 0 Å². The molecule has 0 radical (unpaired) electrons. The van der Waals surface area contributed by atoms with Crippen LogP contribution in [0.2, 0.25) is 0 Å². The number of aliphatic carboxylic acids is 2. The van der Waals surface area contributed by atoms with Crippen LogP contribution in [0.3, 0.4) is 0 Å². The minimum absolute atomic E-state index is 0.129. The summed E-state index contributed by atoms with van der Waals surface area (Å²) in [5.41, 5.74) is 1.65. The van der Waals surface area contributed by atoms with E-state index in [4.69, 9.17) is 0 Å². The first-order chi connectivity index (χ1) is 12.2. The van der Waals surface area contributed by atoms with Crippen molar-refractivity contribution in [2.75, 3.05) is 0 Å². The molecule has 2 N–H and O–H groups in total. The molecule has 0 bridgehead atoms. The number of fused-ring (bicyclic) bond motifs is 1. The first kappa shape index (κ1) is 19.7. The van der Waals surface area contributed by atoms with E-state index in [1.165, 1.54) is 0 Å². The zero-order valence-electron chi connectivity index (χ0n) is 15.7. The highest BCUT2D eigenvalue weighted by molar-refractivity contribution is 6.20. The second-order valence-corrected chi connectivity index (χ2v) is 7.48. The number of carboxylic acid groups (broad SMARTS) is 2. The Labute approximate surface area is 154 Å². The van der Waals surface area contributed by atoms with Crippen molar-refractivity contribution in [1.82, 2.24) is 0 Å². The van der Waals surface area contributed by atoms with Gasteiger partial charge in [-0.25, -0.2) is 9.59 Å². The zero-order valence-corrected chi connectivity index (χ0v) is 15.7. The highest BCUT2D eigenvalue weighted by Gasteiger charge is 2.26. The van der Waals surface area contributed by atoms with Gasteiger partial charge in [0.25, 0.3) is 0 Å². The maximum Gasteiger partial charge on any atom is 0.343 e. The van der Waals surface area contributed by atoms with Crippen molar-refractivity contribution in [3.8, 4) is 0 Å². The number of hydrogen-bond acceptors (Lipinski definition) is 2. The number of rotatable bonds is 7. The molecule has 2 aromatic carbocycles. The normalized spacial score (nSPS) is 11.2. The monoisotopic (exact) mass is 354 g/mol. The number of carbonyl (C=O) groups is 2. The average Bonchev–Trinajstić information content (AvgIpc) is 2.52. The summed E-state index contributed by atoms with van der Waals surface area (Å²) in [5.74, 6) is -2.29. The minimum atomic E-state index is -1.39. The standard InChI is InChI=1S/C22H26O4/c1-13(2)11-16-10-9-15-7-5-6-8-17(15)19(16)18(12-14(3)4)20(21(23)24)22(25)26/h5-10,13-14H,11-12H2,1-4H3,(H,23,24)(H,25,26). The van der Waals surface area contributed by atoms with Gasteiger partial charge in [0.1, 0.15) is 5.57 Å². The first-order valence-electron chi connectivity index (χ1n) is 8.93. The summed E-state index contributed by atoms with van der Waals surface area (Å²) in [6.07, 6.45) is 1.15. The lowest BCUT2D eigenvalue weighted by Crippen LogP contribution is -2.16. The topological polar surface area (TPSA) is 74.6 Å². The molecule has 0 aliphatic heterocycles. The van der Waals surface area contributed by atoms with Crippen LogP contribution in [0.15, 0.2) is 42.0 Å². The van der Waals surface area contributed by atoms with Crippen LogP contribution in [-0.2, 0) is 16.0 Å². The van der Waals surface area contributed by atoms with Gasteiger partial charge in [-0.1, -0.05) is 64.1 Å². The Hall–Kier alpha value is -2.62. The largest absolute Gasteiger partial charge is 0.477 e. The second-order valence-electron chi connectivity index (χ2n) is 7.48. The molecule has 0 atom stereocenters. The van der Waals surface area contributed by atoms with Gasteiger partial charge in [-0.05, 0) is 52.1 Å². The summed E-state index contributed by atoms with van der Waals surface area (Å²) in [6.45, 7) is 8.13. The number of hydrogen-bond donors (Lipinski definition) is 2. The number of allylic oxidation sites excluding steroid dienone is 1. The quantitative estimate of drug-likeness (QED) is 0.416. The molecule has 0 spiro atoms. The Bertz CT molecular complexity index is 844. The van der Waals surface area contributed by atoms with Crippen LogP contribution >= 0.6 is 0 Å². The summed E-state index contributed by atoms with van der Waals surface area (Å²) in [7, 11) is 0. The maximum absolute atomic E-state index is 11.8. The molecule has 0 saturated heterocycles. The van der Waals surface area contributed by atoms with Crippen molar-refractivity contribution in [2.24, 2.45) is 11.8 Å². The van der Waals surface area contributed by atoms with E-state index >= 15 is 0 Å². The molecule has 0 unspecified atom stereocenters. The Morgan fingerprint density at radius 1 is 0.885 bits per heavy atom. The fourth-order valence-corrected chi connectivity index (χ4v) is 3.37. The SMILES string of the molecule is CC(C)CC(=C(C(=O)O)C(=O)O)c1c(CC(C)C)ccc2ccccc12. The smallest absolute Gasteiger partial charge is 0.343 e. The molecule has 0 amide bonds. The van der Waals surface area contributed by atoms with Gasteiger partial charge in [0.2, 0.25) is 0 Å². The third kappa shape index (κ3) is 4.31. The summed E-state index contributed by atoms with van der Waals surface area (Å²) in [4.78, 5) is 23.5. The van der Waals surface area contributed by atoms with Crippen molar-refractivity contribution < 1.29 is 19.8 Å². The Morgan fingerprint density at radius 2 is 1.50 bits per heavy atom. The van der Waals surface area contributed by atoms with Crippen LogP contribution in [0.4, 0.5) is 0 Å². The number of benzene rings is 2. The van der Waals surface area contributed by atoms with Gasteiger partial charge in [-0.3, -0.25) is 0 Å². The fraction of sp³-hybridized carbons (Fsp3) is 0.364. The predicted octanol–water partition coefficient (Wildman–Crippen LogP) is 5.01. The fourth-order valence-electron chi connectivity index (χ4n) is 3.37. The van der Waals surface area contributed by atoms with Gasteiger partial charge in [0.15, 0.2) is 0 Å². The summed E-state index contributed by atoms with van der Waals surface area (Å²) >= 11 is 0. The predicted molar refractivity (Wildman–Crippen MR) is 104 cm³/mol. The van der Waals surface area contributed by atoms with E-state index in [1.54, 1.807) is 0 Å². The molecule has 0 aromatic heterocycles. The van der Waals surface area contributed by atoms with Crippen molar-refractivity contribution in [1.29, 1.82) is 0 Å². The third-order valence-corrected chi connectivity index (χ3v) is 4.29. The lowest BCUT2D eigenvalue weighted by atomic mass is 9.83. The second kappa shape index (κ2) is 8.17. The van der Waals surface area contributed by atoms with Gasteiger partial charge in [0, 0.05) is 0 Å². The lowest BCUT2D eigenvalue weighted by molar-refractivity contribution is -0.140. The third-order valence-electron chi connectivity index (χ3n) is 4.29. The molecule has 0 fully saturated rings. The highest BCUT2D eigenvalue weighted by Crippen LogP contribution is 2.36. The van der Waals surface area contributed by atoms with Crippen LogP contribution in [-0.4, -0.2) is 22.2 Å². The maximum atomic E-state index is 11.8. The van der Waals surface area contributed by atoms with Gasteiger partial charge < -0.3 is 10.2 Å². The molecule has 0 aliphatic carbocycles. The van der Waals surface area contributed by atoms with Gasteiger partial charge in [-0.15, -0.1) is 0 Å². The Kier molecular flexibility index (Phi) is 6.19. The average molecular weight is 354 g/mol. The molecule has 0 saturated carbocycles. The van der Waals surface area contributed by atoms with Crippen molar-refractivity contribution >= 4 is 28.3 Å². The summed E-state index contributed by atoms with van der Waals surface area (Å²) in [6, 6.07) is 11.8. The molecule has 4 nitrogen and oxygen atoms in total. The molecular weight excluding hydrogens is 328 g/mol. The van der Waals surface area contributed by atoms with Crippen LogP contribution in [0, 0.1) is 11.8 Å². The lowest BCUT2D eigenvalue weighted by Gasteiger charge is -2.20. The van der Waals surface area contributed by atoms with E-state index in [0.717, 1.165) is 28.3 Å². The van der Waals surface area contributed by atoms with Crippen molar-refractivity contribution in [2.45, 2.75) is 40.5 Å². The molecular formula is C22H26O4. The van der Waals surface area contributed by atoms with Gasteiger partial charge in [0.05, 0.1) is 0 Å². The first-order valence-corrected chi connectivity index (χ1v) is 8.93. The molecule has 138 valence electrons. The Balaban J connectivity index is 2.93. The van der Waals surface area contributed by atoms with E-state index in [0.29, 0.717) is 17.9 Å². The van der Waals surface area contributed by atoms with E-state index in [-0.39, 0.29) is 5.92 Å². The molecule has 4 heteroatoms. The molecule has 0 aliphatic rings. The molecule has 2 rings (SSSR count). The summed E-state index contributed by atoms with van der Waals surface area (Å²) in [5, 5.41) is 21.1. The zero-order chi connectivity index (χ0) is 19.4. The van der Waals surface area contributed by atoms with Crippen LogP contribution in [0.25, 0.3) is 16.3 Å². The molecule has 0 heterocycles. The van der Waals surface area contributed by atoms with Crippen molar-refractivity contribution in [3.05, 3.63) is 53.1 Å². The Morgan fingerprint density at radius 3 is 2.04 bits per heavy atom. The van der Waals surface area contributed by atoms with Gasteiger partial charge >= 0.3 is 11.9 Å². The van der Waals surface area contributed by atoms with Crippen molar-refractivity contribution in [3.63, 3.8) is 0 Å². The molecule has 26 heavy (non-hydrogen) atoms. The van der Waals surface area contributed by atoms with E-state index in [2.05, 4.69) is 13.8 Å². The van der Waals surface area contributed by atoms with Crippen LogP contribution in [0.1, 0.15) is 45.2 Å². The summed E-state index contributed by atoms with van der Waals surface area (Å²) < 4.78 is 0. The van der Waals surface area contributed by atoms with Crippen LogP contribution < -0.4 is 0 Å². The van der Waals surface area contributed by atoms with E-state index in [1.807, 2.05) is 50.2 Å². The minimum Gasteiger partial charge on any atom is -0.477 e. The highest BCUT2D eigenvalue weighted by atomic mass is 16.4. The van der Waals surface area contributed by atoms with E-state index < -0.39 is 17.5 Å².